The Morgan fingerprint density at radius 3 is 2.60 bits per heavy atom. The number of carbonyl (C=O) groups is 1. The third kappa shape index (κ3) is 2.45. The highest BCUT2D eigenvalue weighted by Crippen LogP contribution is 2.41. The Morgan fingerprint density at radius 1 is 1.28 bits per heavy atom. The van der Waals surface area contributed by atoms with Crippen molar-refractivity contribution in [1.29, 1.82) is 0 Å². The maximum Gasteiger partial charge on any atom is 0.254 e. The van der Waals surface area contributed by atoms with E-state index in [1.807, 2.05) is 6.92 Å². The van der Waals surface area contributed by atoms with E-state index in [0.29, 0.717) is 19.0 Å². The summed E-state index contributed by atoms with van der Waals surface area (Å²) in [5, 5.41) is 8.06. The van der Waals surface area contributed by atoms with Crippen molar-refractivity contribution in [3.05, 3.63) is 36.0 Å². The Kier molecular flexibility index (Phi) is 3.64. The van der Waals surface area contributed by atoms with Gasteiger partial charge in [-0.3, -0.25) is 4.79 Å². The quantitative estimate of drug-likeness (QED) is 0.852. The zero-order chi connectivity index (χ0) is 17.7. The van der Waals surface area contributed by atoms with E-state index in [1.165, 1.54) is 6.07 Å². The molecule has 1 aliphatic heterocycles. The second-order valence-electron chi connectivity index (χ2n) is 7.17. The SMILES string of the molecule is COC1(C(=O)N2CC(C)(c3nnc(-c4ccccc4F)o3)C2)CCC1. The Hall–Kier alpha value is -2.28. The van der Waals surface area contributed by atoms with E-state index in [0.717, 1.165) is 19.3 Å². The molecule has 2 aromatic rings. The van der Waals surface area contributed by atoms with Crippen molar-refractivity contribution in [3.63, 3.8) is 0 Å². The fourth-order valence-corrected chi connectivity index (χ4v) is 3.58. The lowest BCUT2D eigenvalue weighted by Gasteiger charge is -2.51. The van der Waals surface area contributed by atoms with Gasteiger partial charge in [0.25, 0.3) is 11.8 Å². The van der Waals surface area contributed by atoms with Gasteiger partial charge >= 0.3 is 0 Å². The summed E-state index contributed by atoms with van der Waals surface area (Å²) in [6, 6.07) is 6.29. The molecule has 1 saturated heterocycles. The van der Waals surface area contributed by atoms with Crippen molar-refractivity contribution >= 4 is 5.91 Å². The van der Waals surface area contributed by atoms with Crippen LogP contribution in [0.15, 0.2) is 28.7 Å². The van der Waals surface area contributed by atoms with E-state index in [2.05, 4.69) is 10.2 Å². The average Bonchev–Trinajstić information content (AvgIpc) is 3.02. The molecule has 0 unspecified atom stereocenters. The molecule has 4 rings (SSSR count). The number of carbonyl (C=O) groups excluding carboxylic acids is 1. The van der Waals surface area contributed by atoms with Gasteiger partial charge in [0.05, 0.1) is 11.0 Å². The topological polar surface area (TPSA) is 68.5 Å². The number of hydrogen-bond acceptors (Lipinski definition) is 5. The Bertz CT molecular complexity index is 804. The summed E-state index contributed by atoms with van der Waals surface area (Å²) in [5.74, 6) is 0.217. The molecule has 2 fully saturated rings. The van der Waals surface area contributed by atoms with Crippen LogP contribution in [0.4, 0.5) is 4.39 Å². The summed E-state index contributed by atoms with van der Waals surface area (Å²) < 4.78 is 25.0. The number of aromatic nitrogens is 2. The molecule has 0 bridgehead atoms. The minimum atomic E-state index is -0.644. The van der Waals surface area contributed by atoms with E-state index in [-0.39, 0.29) is 17.4 Å². The van der Waals surface area contributed by atoms with Gasteiger partial charge in [-0.1, -0.05) is 12.1 Å². The highest BCUT2D eigenvalue weighted by atomic mass is 19.1. The van der Waals surface area contributed by atoms with Crippen LogP contribution >= 0.6 is 0 Å². The number of nitrogens with zero attached hydrogens (tertiary/aromatic N) is 3. The monoisotopic (exact) mass is 345 g/mol. The molecular formula is C18H20FN3O3. The third-order valence-electron chi connectivity index (χ3n) is 5.35. The van der Waals surface area contributed by atoms with Crippen LogP contribution in [0.5, 0.6) is 0 Å². The molecule has 1 aromatic carbocycles. The maximum atomic E-state index is 13.9. The molecule has 2 aliphatic rings. The fourth-order valence-electron chi connectivity index (χ4n) is 3.58. The van der Waals surface area contributed by atoms with E-state index in [1.54, 1.807) is 30.2 Å². The normalized spacial score (nSPS) is 20.7. The highest BCUT2D eigenvalue weighted by molar-refractivity contribution is 5.87. The number of halogens is 1. The molecule has 132 valence electrons. The van der Waals surface area contributed by atoms with Crippen LogP contribution in [0.25, 0.3) is 11.5 Å². The smallest absolute Gasteiger partial charge is 0.254 e. The molecule has 0 N–H and O–H groups in total. The second-order valence-corrected chi connectivity index (χ2v) is 7.17. The van der Waals surface area contributed by atoms with Gasteiger partial charge in [0.1, 0.15) is 11.4 Å². The van der Waals surface area contributed by atoms with Crippen LogP contribution in [0.1, 0.15) is 32.1 Å². The van der Waals surface area contributed by atoms with E-state index < -0.39 is 16.8 Å². The summed E-state index contributed by atoms with van der Waals surface area (Å²) in [4.78, 5) is 14.4. The molecule has 1 aliphatic carbocycles. The minimum Gasteiger partial charge on any atom is -0.420 e. The summed E-state index contributed by atoms with van der Waals surface area (Å²) in [6.07, 6.45) is 2.56. The molecule has 1 aromatic heterocycles. The van der Waals surface area contributed by atoms with Gasteiger partial charge in [-0.25, -0.2) is 4.39 Å². The van der Waals surface area contributed by atoms with Crippen LogP contribution in [-0.2, 0) is 14.9 Å². The van der Waals surface area contributed by atoms with Gasteiger partial charge < -0.3 is 14.1 Å². The molecule has 1 saturated carbocycles. The lowest BCUT2D eigenvalue weighted by Crippen LogP contribution is -2.66. The number of likely N-dealkylation sites (tertiary alicyclic amines) is 1. The number of benzene rings is 1. The zero-order valence-electron chi connectivity index (χ0n) is 14.3. The first-order valence-electron chi connectivity index (χ1n) is 8.41. The van der Waals surface area contributed by atoms with Crippen LogP contribution in [0, 0.1) is 5.82 Å². The van der Waals surface area contributed by atoms with Gasteiger partial charge in [-0.05, 0) is 38.3 Å². The first-order valence-corrected chi connectivity index (χ1v) is 8.41. The average molecular weight is 345 g/mol. The predicted molar refractivity (Wildman–Crippen MR) is 87.2 cm³/mol. The molecule has 0 atom stereocenters. The Labute approximate surface area is 145 Å². The fraction of sp³-hybridized carbons (Fsp3) is 0.500. The van der Waals surface area contributed by atoms with Gasteiger partial charge in [0.15, 0.2) is 0 Å². The summed E-state index contributed by atoms with van der Waals surface area (Å²) in [7, 11) is 1.59. The van der Waals surface area contributed by atoms with Gasteiger partial charge in [0.2, 0.25) is 5.89 Å². The number of amides is 1. The molecule has 0 radical (unpaired) electrons. The minimum absolute atomic E-state index is 0.0348. The van der Waals surface area contributed by atoms with Crippen LogP contribution in [0.2, 0.25) is 0 Å². The molecular weight excluding hydrogens is 325 g/mol. The molecule has 25 heavy (non-hydrogen) atoms. The predicted octanol–water partition coefficient (Wildman–Crippen LogP) is 2.54. The zero-order valence-corrected chi connectivity index (χ0v) is 14.3. The van der Waals surface area contributed by atoms with Gasteiger partial charge in [-0.2, -0.15) is 0 Å². The summed E-state index contributed by atoms with van der Waals surface area (Å²) >= 11 is 0. The Balaban J connectivity index is 1.49. The van der Waals surface area contributed by atoms with Crippen molar-refractivity contribution in [2.24, 2.45) is 0 Å². The van der Waals surface area contributed by atoms with E-state index in [9.17, 15) is 9.18 Å². The van der Waals surface area contributed by atoms with Gasteiger partial charge in [0, 0.05) is 20.2 Å². The lowest BCUT2D eigenvalue weighted by molar-refractivity contribution is -0.174. The number of rotatable bonds is 4. The van der Waals surface area contributed by atoms with Gasteiger partial charge in [-0.15, -0.1) is 10.2 Å². The van der Waals surface area contributed by atoms with Crippen LogP contribution in [-0.4, -0.2) is 46.8 Å². The van der Waals surface area contributed by atoms with Crippen LogP contribution < -0.4 is 0 Å². The van der Waals surface area contributed by atoms with Crippen molar-refractivity contribution < 1.29 is 18.3 Å². The first-order chi connectivity index (χ1) is 12.0. The molecule has 1 amide bonds. The molecule has 7 heteroatoms. The number of ether oxygens (including phenoxy) is 1. The lowest BCUT2D eigenvalue weighted by atomic mass is 9.75. The second kappa shape index (κ2) is 5.62. The van der Waals surface area contributed by atoms with Crippen molar-refractivity contribution in [2.75, 3.05) is 20.2 Å². The summed E-state index contributed by atoms with van der Waals surface area (Å²) in [6.45, 7) is 2.96. The third-order valence-corrected chi connectivity index (χ3v) is 5.35. The Morgan fingerprint density at radius 2 is 2.00 bits per heavy atom. The summed E-state index contributed by atoms with van der Waals surface area (Å²) in [5.41, 5.74) is -0.774. The van der Waals surface area contributed by atoms with Crippen LogP contribution in [0.3, 0.4) is 0 Å². The largest absolute Gasteiger partial charge is 0.420 e. The number of hydrogen-bond donors (Lipinski definition) is 0. The van der Waals surface area contributed by atoms with Crippen molar-refractivity contribution in [3.8, 4) is 11.5 Å². The molecule has 2 heterocycles. The number of methoxy groups -OCH3 is 1. The highest BCUT2D eigenvalue weighted by Gasteiger charge is 2.54. The molecule has 6 nitrogen and oxygen atoms in total. The van der Waals surface area contributed by atoms with E-state index >= 15 is 0 Å². The van der Waals surface area contributed by atoms with Crippen molar-refractivity contribution in [2.45, 2.75) is 37.2 Å². The maximum absolute atomic E-state index is 13.9. The first kappa shape index (κ1) is 16.2. The molecule has 0 spiro atoms. The van der Waals surface area contributed by atoms with E-state index in [4.69, 9.17) is 9.15 Å². The standard InChI is InChI=1S/C18H20FN3O3/c1-17(10-22(11-17)16(23)18(24-2)8-5-9-18)15-21-20-14(25-15)12-6-3-4-7-13(12)19/h3-4,6-7H,5,8-11H2,1-2H3. The van der Waals surface area contributed by atoms with Crippen molar-refractivity contribution in [1.82, 2.24) is 15.1 Å².